The van der Waals surface area contributed by atoms with Crippen LogP contribution in [0, 0.1) is 0 Å². The van der Waals surface area contributed by atoms with Gasteiger partial charge in [0.05, 0.1) is 25.1 Å². The lowest BCUT2D eigenvalue weighted by molar-refractivity contribution is -0.128. The molecule has 0 aliphatic rings. The molecule has 8 nitrogen and oxygen atoms in total. The first-order valence-corrected chi connectivity index (χ1v) is 11.2. The topological polar surface area (TPSA) is 94.2 Å². The zero-order valence-corrected chi connectivity index (χ0v) is 18.6. The molecule has 2 aromatic carbocycles. The summed E-state index contributed by atoms with van der Waals surface area (Å²) in [6.45, 7) is 3.78. The van der Waals surface area contributed by atoms with Gasteiger partial charge >= 0.3 is 0 Å². The van der Waals surface area contributed by atoms with Crippen LogP contribution in [0.1, 0.15) is 13.8 Å². The number of nitrogens with one attached hydrogen (secondary N) is 1. The van der Waals surface area contributed by atoms with Gasteiger partial charge in [0.25, 0.3) is 5.91 Å². The molecule has 2 atom stereocenters. The van der Waals surface area contributed by atoms with E-state index in [0.29, 0.717) is 23.8 Å². The predicted molar refractivity (Wildman–Crippen MR) is 116 cm³/mol. The van der Waals surface area contributed by atoms with Crippen LogP contribution in [0.2, 0.25) is 0 Å². The second-order valence-electron chi connectivity index (χ2n) is 6.88. The monoisotopic (exact) mass is 436 g/mol. The Bertz CT molecular complexity index is 929. The first-order chi connectivity index (χ1) is 14.1. The summed E-state index contributed by atoms with van der Waals surface area (Å²) in [4.78, 5) is 12.4. The number of benzene rings is 2. The van der Waals surface area contributed by atoms with Gasteiger partial charge in [0.15, 0.2) is 6.10 Å². The van der Waals surface area contributed by atoms with Crippen molar-refractivity contribution < 1.29 is 27.4 Å². The molecule has 2 aromatic rings. The largest absolute Gasteiger partial charge is 0.497 e. The Morgan fingerprint density at radius 1 is 1.00 bits per heavy atom. The van der Waals surface area contributed by atoms with Crippen LogP contribution in [0.25, 0.3) is 0 Å². The Balaban J connectivity index is 1.83. The molecule has 0 unspecified atom stereocenters. The molecule has 9 heteroatoms. The third-order valence-electron chi connectivity index (χ3n) is 4.33. The third kappa shape index (κ3) is 6.84. The van der Waals surface area contributed by atoms with E-state index >= 15 is 0 Å². The van der Waals surface area contributed by atoms with E-state index in [-0.39, 0.29) is 11.9 Å². The summed E-state index contributed by atoms with van der Waals surface area (Å²) >= 11 is 0. The second kappa shape index (κ2) is 10.2. The summed E-state index contributed by atoms with van der Waals surface area (Å²) in [6.07, 6.45) is 0.399. The lowest BCUT2D eigenvalue weighted by atomic mass is 10.2. The molecule has 0 radical (unpaired) electrons. The number of rotatable bonds is 10. The minimum Gasteiger partial charge on any atom is -0.497 e. The Labute approximate surface area is 177 Å². The van der Waals surface area contributed by atoms with Crippen molar-refractivity contribution in [1.29, 1.82) is 0 Å². The van der Waals surface area contributed by atoms with Gasteiger partial charge in [-0.1, -0.05) is 0 Å². The van der Waals surface area contributed by atoms with E-state index in [1.54, 1.807) is 62.6 Å². The average molecular weight is 437 g/mol. The normalized spacial score (nSPS) is 13.1. The first kappa shape index (κ1) is 23.3. The number of carbonyl (C=O) groups excluding carboxylic acids is 1. The molecule has 2 rings (SSSR count). The Morgan fingerprint density at radius 2 is 1.53 bits per heavy atom. The van der Waals surface area contributed by atoms with Gasteiger partial charge < -0.3 is 19.5 Å². The molecule has 0 bridgehead atoms. The molecular weight excluding hydrogens is 408 g/mol. The van der Waals surface area contributed by atoms with E-state index in [2.05, 4.69) is 5.32 Å². The van der Waals surface area contributed by atoms with Crippen LogP contribution in [-0.2, 0) is 14.8 Å². The SMILES string of the molecule is COc1ccc(OC[C@H](C)NC(=O)[C@@H](C)Oc2ccc(N(C)S(C)(=O)=O)cc2)cc1. The Kier molecular flexibility index (Phi) is 7.93. The zero-order chi connectivity index (χ0) is 22.3. The van der Waals surface area contributed by atoms with Crippen LogP contribution in [0.15, 0.2) is 48.5 Å². The van der Waals surface area contributed by atoms with Crippen LogP contribution in [0.4, 0.5) is 5.69 Å². The van der Waals surface area contributed by atoms with Crippen molar-refractivity contribution in [2.24, 2.45) is 0 Å². The van der Waals surface area contributed by atoms with Gasteiger partial charge in [-0.25, -0.2) is 8.42 Å². The molecule has 1 N–H and O–H groups in total. The van der Waals surface area contributed by atoms with Crippen molar-refractivity contribution in [3.05, 3.63) is 48.5 Å². The van der Waals surface area contributed by atoms with Crippen molar-refractivity contribution in [3.63, 3.8) is 0 Å². The molecule has 1 amide bonds. The standard InChI is InChI=1S/C21H28N2O6S/c1-15(14-28-19-12-10-18(27-4)11-13-19)22-21(24)16(2)29-20-8-6-17(7-9-20)23(3)30(5,25)26/h6-13,15-16H,14H2,1-5H3,(H,22,24)/t15-,16+/m0/s1. The summed E-state index contributed by atoms with van der Waals surface area (Å²) in [5.41, 5.74) is 0.506. The highest BCUT2D eigenvalue weighted by Gasteiger charge is 2.18. The van der Waals surface area contributed by atoms with Crippen molar-refractivity contribution in [1.82, 2.24) is 5.32 Å². The van der Waals surface area contributed by atoms with Gasteiger partial charge in [-0.2, -0.15) is 0 Å². The summed E-state index contributed by atoms with van der Waals surface area (Å²) in [5, 5.41) is 2.84. The van der Waals surface area contributed by atoms with E-state index in [1.807, 2.05) is 6.92 Å². The maximum absolute atomic E-state index is 12.4. The van der Waals surface area contributed by atoms with Crippen LogP contribution < -0.4 is 23.8 Å². The quantitative estimate of drug-likeness (QED) is 0.615. The Hall–Kier alpha value is -2.94. The fourth-order valence-corrected chi connectivity index (χ4v) is 2.98. The van der Waals surface area contributed by atoms with Gasteiger partial charge in [-0.15, -0.1) is 0 Å². The van der Waals surface area contributed by atoms with Crippen LogP contribution in [0.5, 0.6) is 17.2 Å². The molecule has 0 saturated heterocycles. The predicted octanol–water partition coefficient (Wildman–Crippen LogP) is 2.44. The number of carbonyl (C=O) groups is 1. The molecule has 0 spiro atoms. The molecule has 0 heterocycles. The number of anilines is 1. The first-order valence-electron chi connectivity index (χ1n) is 9.38. The van der Waals surface area contributed by atoms with E-state index in [0.717, 1.165) is 16.3 Å². The summed E-state index contributed by atoms with van der Waals surface area (Å²) in [7, 11) is -0.272. The van der Waals surface area contributed by atoms with Gasteiger partial charge in [0, 0.05) is 7.05 Å². The summed E-state index contributed by atoms with van der Waals surface area (Å²) in [6, 6.07) is 13.4. The number of hydrogen-bond donors (Lipinski definition) is 1. The summed E-state index contributed by atoms with van der Waals surface area (Å²) in [5.74, 6) is 1.61. The number of nitrogens with zero attached hydrogens (tertiary/aromatic N) is 1. The average Bonchev–Trinajstić information content (AvgIpc) is 2.72. The van der Waals surface area contributed by atoms with Gasteiger partial charge in [0.2, 0.25) is 10.0 Å². The van der Waals surface area contributed by atoms with Gasteiger partial charge in [0.1, 0.15) is 23.9 Å². The number of sulfonamides is 1. The van der Waals surface area contributed by atoms with Crippen LogP contribution >= 0.6 is 0 Å². The van der Waals surface area contributed by atoms with Crippen molar-refractivity contribution in [3.8, 4) is 17.2 Å². The molecule has 0 aliphatic heterocycles. The van der Waals surface area contributed by atoms with Gasteiger partial charge in [-0.3, -0.25) is 9.10 Å². The van der Waals surface area contributed by atoms with E-state index in [4.69, 9.17) is 14.2 Å². The molecule has 30 heavy (non-hydrogen) atoms. The third-order valence-corrected chi connectivity index (χ3v) is 5.53. The summed E-state index contributed by atoms with van der Waals surface area (Å²) < 4.78 is 40.7. The smallest absolute Gasteiger partial charge is 0.261 e. The second-order valence-corrected chi connectivity index (χ2v) is 8.89. The number of amides is 1. The highest BCUT2D eigenvalue weighted by atomic mass is 32.2. The van der Waals surface area contributed by atoms with Crippen LogP contribution in [0.3, 0.4) is 0 Å². The Morgan fingerprint density at radius 3 is 2.07 bits per heavy atom. The minimum atomic E-state index is -3.34. The van der Waals surface area contributed by atoms with Gasteiger partial charge in [-0.05, 0) is 62.4 Å². The molecule has 0 saturated carbocycles. The van der Waals surface area contributed by atoms with Crippen LogP contribution in [-0.4, -0.2) is 53.5 Å². The van der Waals surface area contributed by atoms with Crippen molar-refractivity contribution in [2.45, 2.75) is 26.0 Å². The van der Waals surface area contributed by atoms with Crippen molar-refractivity contribution in [2.75, 3.05) is 31.3 Å². The molecule has 0 aromatic heterocycles. The van der Waals surface area contributed by atoms with E-state index < -0.39 is 16.1 Å². The fraction of sp³-hybridized carbons (Fsp3) is 0.381. The number of hydrogen-bond acceptors (Lipinski definition) is 6. The fourth-order valence-electron chi connectivity index (χ4n) is 2.48. The molecule has 164 valence electrons. The minimum absolute atomic E-state index is 0.226. The highest BCUT2D eigenvalue weighted by Crippen LogP contribution is 2.21. The lowest BCUT2D eigenvalue weighted by Crippen LogP contribution is -2.43. The molecular formula is C21H28N2O6S. The molecule has 0 aliphatic carbocycles. The van der Waals surface area contributed by atoms with E-state index in [1.165, 1.54) is 7.05 Å². The van der Waals surface area contributed by atoms with E-state index in [9.17, 15) is 13.2 Å². The molecule has 0 fully saturated rings. The van der Waals surface area contributed by atoms with Crippen molar-refractivity contribution >= 4 is 21.6 Å². The maximum Gasteiger partial charge on any atom is 0.261 e. The highest BCUT2D eigenvalue weighted by molar-refractivity contribution is 7.92. The number of methoxy groups -OCH3 is 1. The lowest BCUT2D eigenvalue weighted by Gasteiger charge is -2.20. The zero-order valence-electron chi connectivity index (χ0n) is 17.8. The maximum atomic E-state index is 12.4. The number of ether oxygens (including phenoxy) is 3.